The van der Waals surface area contributed by atoms with Gasteiger partial charge in [0.1, 0.15) is 23.6 Å². The first-order chi connectivity index (χ1) is 14.9. The molecule has 7 heteroatoms. The lowest BCUT2D eigenvalue weighted by Gasteiger charge is -2.27. The maximum absolute atomic E-state index is 13.7. The van der Waals surface area contributed by atoms with Gasteiger partial charge < -0.3 is 15.4 Å². The lowest BCUT2D eigenvalue weighted by Crippen LogP contribution is -2.99. The van der Waals surface area contributed by atoms with E-state index in [1.807, 2.05) is 67.7 Å². The molecule has 0 aliphatic carbocycles. The van der Waals surface area contributed by atoms with E-state index in [0.29, 0.717) is 5.75 Å². The van der Waals surface area contributed by atoms with Crippen molar-refractivity contribution in [3.63, 3.8) is 0 Å². The number of nitrogens with one attached hydrogen (secondary N) is 1. The first-order valence-electron chi connectivity index (χ1n) is 10.6. The Bertz CT molecular complexity index is 1080. The molecule has 7 nitrogen and oxygen atoms in total. The van der Waals surface area contributed by atoms with Crippen molar-refractivity contribution < 1.29 is 24.4 Å². The van der Waals surface area contributed by atoms with Gasteiger partial charge in [0.2, 0.25) is 17.4 Å². The molecule has 2 fully saturated rings. The van der Waals surface area contributed by atoms with Crippen molar-refractivity contribution in [2.24, 2.45) is 17.8 Å². The van der Waals surface area contributed by atoms with Crippen LogP contribution in [0.1, 0.15) is 25.0 Å². The number of carbonyl (C=O) groups is 3. The number of nitrogens with two attached hydrogens (primary N) is 1. The number of hydrogen-bond donors (Lipinski definition) is 2. The Morgan fingerprint density at radius 1 is 1.06 bits per heavy atom. The number of quaternary nitrogens is 1. The Kier molecular flexibility index (Phi) is 4.41. The third-order valence-corrected chi connectivity index (χ3v) is 7.07. The van der Waals surface area contributed by atoms with Crippen molar-refractivity contribution in [3.8, 4) is 5.75 Å². The third kappa shape index (κ3) is 2.66. The molecule has 0 bridgehead atoms. The Balaban J connectivity index is 1.56. The third-order valence-electron chi connectivity index (χ3n) is 7.07. The number of para-hydroxylation sites is 1. The van der Waals surface area contributed by atoms with Crippen LogP contribution in [0.3, 0.4) is 0 Å². The number of fused-ring (bicyclic) bond motifs is 4. The van der Waals surface area contributed by atoms with Gasteiger partial charge in [0, 0.05) is 11.5 Å². The highest BCUT2D eigenvalue weighted by atomic mass is 16.5. The van der Waals surface area contributed by atoms with Gasteiger partial charge in [0.25, 0.3) is 5.91 Å². The number of ether oxygens (including phenoxy) is 1. The number of likely N-dealkylation sites (tertiary alicyclic amines) is 1. The van der Waals surface area contributed by atoms with E-state index in [1.165, 1.54) is 4.90 Å². The van der Waals surface area contributed by atoms with E-state index in [1.54, 1.807) is 7.11 Å². The van der Waals surface area contributed by atoms with E-state index in [2.05, 4.69) is 5.32 Å². The maximum atomic E-state index is 13.7. The number of methoxy groups -OCH3 is 1. The zero-order valence-electron chi connectivity index (χ0n) is 17.8. The summed E-state index contributed by atoms with van der Waals surface area (Å²) in [5.41, 5.74) is 1.27. The molecule has 0 saturated carbocycles. The molecule has 3 N–H and O–H groups in total. The monoisotopic (exact) mass is 420 g/mol. The summed E-state index contributed by atoms with van der Waals surface area (Å²) >= 11 is 0. The minimum Gasteiger partial charge on any atom is -0.497 e. The fourth-order valence-electron chi connectivity index (χ4n) is 5.58. The summed E-state index contributed by atoms with van der Waals surface area (Å²) in [5.74, 6) is -1.05. The van der Waals surface area contributed by atoms with Gasteiger partial charge in [0.05, 0.1) is 19.3 Å². The van der Waals surface area contributed by atoms with Crippen LogP contribution in [-0.2, 0) is 26.5 Å². The number of amides is 3. The molecule has 160 valence electrons. The molecule has 2 saturated heterocycles. The molecule has 0 aromatic heterocycles. The zero-order chi connectivity index (χ0) is 21.9. The lowest BCUT2D eigenvalue weighted by molar-refractivity contribution is -0.738. The van der Waals surface area contributed by atoms with Crippen molar-refractivity contribution >= 4 is 23.4 Å². The lowest BCUT2D eigenvalue weighted by atomic mass is 9.76. The van der Waals surface area contributed by atoms with Crippen molar-refractivity contribution in [1.29, 1.82) is 0 Å². The molecule has 0 unspecified atom stereocenters. The number of imide groups is 1. The number of rotatable bonds is 4. The summed E-state index contributed by atoms with van der Waals surface area (Å²) in [5, 5.41) is 4.93. The molecule has 4 atom stereocenters. The first kappa shape index (κ1) is 19.8. The van der Waals surface area contributed by atoms with Gasteiger partial charge in [-0.1, -0.05) is 44.2 Å². The normalized spacial score (nSPS) is 29.0. The summed E-state index contributed by atoms with van der Waals surface area (Å²) in [6.07, 6.45) is 0. The van der Waals surface area contributed by atoms with E-state index in [9.17, 15) is 14.4 Å². The Morgan fingerprint density at radius 3 is 2.45 bits per heavy atom. The largest absolute Gasteiger partial charge is 0.497 e. The minimum absolute atomic E-state index is 0.130. The minimum atomic E-state index is -1.10. The van der Waals surface area contributed by atoms with Crippen LogP contribution in [0.2, 0.25) is 0 Å². The SMILES string of the molecule is COc1ccc(CN2C(=O)[C@@H]3[C@@H](C(C)C)[NH2+][C@]4(C(=O)Nc5ccccc54)[C@H]3C2=O)cc1. The average molecular weight is 420 g/mol. The fraction of sp³-hybridized carbons (Fsp3) is 0.375. The van der Waals surface area contributed by atoms with Gasteiger partial charge in [0.15, 0.2) is 0 Å². The van der Waals surface area contributed by atoms with Crippen LogP contribution < -0.4 is 15.4 Å². The van der Waals surface area contributed by atoms with Crippen LogP contribution in [0.25, 0.3) is 0 Å². The Morgan fingerprint density at radius 2 is 1.77 bits per heavy atom. The molecule has 3 heterocycles. The smallest absolute Gasteiger partial charge is 0.291 e. The van der Waals surface area contributed by atoms with Crippen LogP contribution in [-0.4, -0.2) is 35.8 Å². The quantitative estimate of drug-likeness (QED) is 0.728. The van der Waals surface area contributed by atoms with Crippen LogP contribution in [0.4, 0.5) is 5.69 Å². The topological polar surface area (TPSA) is 92.3 Å². The van der Waals surface area contributed by atoms with Gasteiger partial charge in [-0.3, -0.25) is 19.3 Å². The Hall–Kier alpha value is -3.19. The second kappa shape index (κ2) is 6.92. The van der Waals surface area contributed by atoms with Gasteiger partial charge in [-0.25, -0.2) is 0 Å². The van der Waals surface area contributed by atoms with Crippen molar-refractivity contribution in [3.05, 3.63) is 59.7 Å². The molecule has 2 aromatic carbocycles. The maximum Gasteiger partial charge on any atom is 0.291 e. The number of benzene rings is 2. The van der Waals surface area contributed by atoms with Crippen LogP contribution >= 0.6 is 0 Å². The van der Waals surface area contributed by atoms with E-state index in [0.717, 1.165) is 16.8 Å². The Labute approximate surface area is 180 Å². The molecule has 31 heavy (non-hydrogen) atoms. The van der Waals surface area contributed by atoms with Crippen LogP contribution in [0.15, 0.2) is 48.5 Å². The predicted molar refractivity (Wildman–Crippen MR) is 113 cm³/mol. The molecule has 0 radical (unpaired) electrons. The number of hydrogen-bond acceptors (Lipinski definition) is 4. The number of nitrogens with zero attached hydrogens (tertiary/aromatic N) is 1. The first-order valence-corrected chi connectivity index (χ1v) is 10.6. The average Bonchev–Trinajstić information content (AvgIpc) is 3.35. The highest BCUT2D eigenvalue weighted by molar-refractivity contribution is 6.13. The van der Waals surface area contributed by atoms with Gasteiger partial charge in [-0.15, -0.1) is 0 Å². The van der Waals surface area contributed by atoms with Crippen LogP contribution in [0, 0.1) is 17.8 Å². The second-order valence-electron chi connectivity index (χ2n) is 8.97. The summed E-state index contributed by atoms with van der Waals surface area (Å²) < 4.78 is 5.19. The number of anilines is 1. The van der Waals surface area contributed by atoms with E-state index < -0.39 is 17.4 Å². The number of carbonyl (C=O) groups excluding carboxylic acids is 3. The molecule has 3 amide bonds. The van der Waals surface area contributed by atoms with Crippen molar-refractivity contribution in [1.82, 2.24) is 4.90 Å². The van der Waals surface area contributed by atoms with Crippen molar-refractivity contribution in [2.75, 3.05) is 12.4 Å². The molecular weight excluding hydrogens is 394 g/mol. The summed E-state index contributed by atoms with van der Waals surface area (Å²) in [6, 6.07) is 14.7. The molecule has 5 rings (SSSR count). The predicted octanol–water partition coefficient (Wildman–Crippen LogP) is 1.25. The summed E-state index contributed by atoms with van der Waals surface area (Å²) in [7, 11) is 1.59. The fourth-order valence-corrected chi connectivity index (χ4v) is 5.58. The molecule has 2 aromatic rings. The van der Waals surface area contributed by atoms with Gasteiger partial charge in [-0.05, 0) is 23.8 Å². The second-order valence-corrected chi connectivity index (χ2v) is 8.97. The van der Waals surface area contributed by atoms with Gasteiger partial charge in [-0.2, -0.15) is 0 Å². The van der Waals surface area contributed by atoms with Gasteiger partial charge >= 0.3 is 0 Å². The summed E-state index contributed by atoms with van der Waals surface area (Å²) in [4.78, 5) is 41.9. The molecular formula is C24H26N3O4+. The van der Waals surface area contributed by atoms with Crippen molar-refractivity contribution in [2.45, 2.75) is 32.0 Å². The standard InChI is InChI=1S/C24H25N3O4/c1-13(2)20-18-19(24(26-20)16-6-4-5-7-17(16)25-23(24)30)22(29)27(21(18)28)12-14-8-10-15(31-3)11-9-14/h4-11,13,18-20,26H,12H2,1-3H3,(H,25,30)/p+1/t18-,19+,20+,24-/m0/s1. The molecule has 1 spiro atoms. The molecule has 3 aliphatic rings. The van der Waals surface area contributed by atoms with E-state index >= 15 is 0 Å². The van der Waals surface area contributed by atoms with Crippen LogP contribution in [0.5, 0.6) is 5.75 Å². The zero-order valence-corrected chi connectivity index (χ0v) is 17.8. The van der Waals surface area contributed by atoms with E-state index in [4.69, 9.17) is 4.74 Å². The summed E-state index contributed by atoms with van der Waals surface area (Å²) in [6.45, 7) is 4.28. The molecule has 3 aliphatic heterocycles. The highest BCUT2D eigenvalue weighted by Crippen LogP contribution is 2.50. The highest BCUT2D eigenvalue weighted by Gasteiger charge is 2.74. The van der Waals surface area contributed by atoms with E-state index in [-0.39, 0.29) is 36.2 Å².